The van der Waals surface area contributed by atoms with Crippen molar-refractivity contribution in [1.82, 2.24) is 5.32 Å². The summed E-state index contributed by atoms with van der Waals surface area (Å²) in [6, 6.07) is 14.0. The summed E-state index contributed by atoms with van der Waals surface area (Å²) < 4.78 is 10.8. The Morgan fingerprint density at radius 3 is 2.61 bits per heavy atom. The largest absolute Gasteiger partial charge is 0.493 e. The lowest BCUT2D eigenvalue weighted by Crippen LogP contribution is -2.36. The second kappa shape index (κ2) is 10.9. The molecule has 1 aliphatic rings. The number of aliphatic hydroxyl groups is 1. The number of hydrogen-bond acceptors (Lipinski definition) is 4. The van der Waals surface area contributed by atoms with Gasteiger partial charge in [0.2, 0.25) is 0 Å². The van der Waals surface area contributed by atoms with Crippen molar-refractivity contribution in [2.75, 3.05) is 20.8 Å². The molecular formula is C22H29Cl2NO3. The Balaban J connectivity index is 0.00000280. The molecule has 28 heavy (non-hydrogen) atoms. The molecule has 0 aromatic heterocycles. The van der Waals surface area contributed by atoms with E-state index in [0.29, 0.717) is 23.5 Å². The first-order chi connectivity index (χ1) is 13.1. The molecule has 2 aromatic rings. The summed E-state index contributed by atoms with van der Waals surface area (Å²) in [4.78, 5) is 0. The number of benzene rings is 2. The third-order valence-electron chi connectivity index (χ3n) is 5.39. The number of methoxy groups -OCH3 is 2. The molecule has 0 amide bonds. The van der Waals surface area contributed by atoms with Crippen LogP contribution < -0.4 is 14.8 Å². The lowest BCUT2D eigenvalue weighted by Gasteiger charge is -2.31. The summed E-state index contributed by atoms with van der Waals surface area (Å²) >= 11 is 6.02. The molecular weight excluding hydrogens is 397 g/mol. The Bertz CT molecular complexity index is 756. The van der Waals surface area contributed by atoms with Gasteiger partial charge in [-0.3, -0.25) is 0 Å². The summed E-state index contributed by atoms with van der Waals surface area (Å²) in [6.45, 7) is 0.531. The van der Waals surface area contributed by atoms with Crippen LogP contribution in [0.4, 0.5) is 0 Å². The van der Waals surface area contributed by atoms with Gasteiger partial charge in [0.15, 0.2) is 11.5 Å². The molecule has 1 aliphatic carbocycles. The van der Waals surface area contributed by atoms with Crippen molar-refractivity contribution in [2.45, 2.75) is 43.7 Å². The fourth-order valence-corrected chi connectivity index (χ4v) is 4.09. The molecule has 1 fully saturated rings. The summed E-state index contributed by atoms with van der Waals surface area (Å²) in [5, 5.41) is 14.6. The molecule has 0 saturated heterocycles. The summed E-state index contributed by atoms with van der Waals surface area (Å²) in [5.74, 6) is 2.03. The fourth-order valence-electron chi connectivity index (χ4n) is 3.89. The van der Waals surface area contributed by atoms with Gasteiger partial charge in [-0.2, -0.15) is 0 Å². The zero-order valence-electron chi connectivity index (χ0n) is 16.4. The first-order valence-electron chi connectivity index (χ1n) is 9.49. The predicted octanol–water partition coefficient (Wildman–Crippen LogP) is 5.13. The monoisotopic (exact) mass is 425 g/mol. The Morgan fingerprint density at radius 2 is 1.89 bits per heavy atom. The van der Waals surface area contributed by atoms with Gasteiger partial charge < -0.3 is 19.9 Å². The van der Waals surface area contributed by atoms with Gasteiger partial charge in [0.05, 0.1) is 20.3 Å². The molecule has 3 atom stereocenters. The third kappa shape index (κ3) is 5.77. The molecule has 2 N–H and O–H groups in total. The highest BCUT2D eigenvalue weighted by molar-refractivity contribution is 6.30. The molecule has 154 valence electrons. The molecule has 3 rings (SSSR count). The lowest BCUT2D eigenvalue weighted by atomic mass is 9.81. The minimum Gasteiger partial charge on any atom is -0.493 e. The highest BCUT2D eigenvalue weighted by Crippen LogP contribution is 2.37. The van der Waals surface area contributed by atoms with Crippen molar-refractivity contribution in [3.63, 3.8) is 0 Å². The molecule has 0 bridgehead atoms. The van der Waals surface area contributed by atoms with E-state index in [4.69, 9.17) is 21.1 Å². The van der Waals surface area contributed by atoms with Crippen molar-refractivity contribution < 1.29 is 14.6 Å². The molecule has 0 radical (unpaired) electrons. The number of rotatable bonds is 7. The first-order valence-corrected chi connectivity index (χ1v) is 9.87. The zero-order valence-corrected chi connectivity index (χ0v) is 17.9. The lowest BCUT2D eigenvalue weighted by molar-refractivity contribution is 0.164. The van der Waals surface area contributed by atoms with Crippen LogP contribution in [0.5, 0.6) is 11.5 Å². The van der Waals surface area contributed by atoms with Crippen LogP contribution in [-0.2, 0) is 0 Å². The minimum atomic E-state index is -0.551. The average molecular weight is 426 g/mol. The summed E-state index contributed by atoms with van der Waals surface area (Å²) in [5.41, 5.74) is 2.14. The van der Waals surface area contributed by atoms with E-state index in [0.717, 1.165) is 29.9 Å². The Hall–Kier alpha value is -1.46. The second-order valence-electron chi connectivity index (χ2n) is 7.15. The highest BCUT2D eigenvalue weighted by Gasteiger charge is 2.24. The van der Waals surface area contributed by atoms with Crippen molar-refractivity contribution >= 4 is 24.0 Å². The SMILES string of the molecule is COc1ccc(C2CCCC(NC[C@H](O)c3cccc(Cl)c3)C2)cc1OC.Cl. The normalized spacial score (nSPS) is 20.1. The van der Waals surface area contributed by atoms with Gasteiger partial charge >= 0.3 is 0 Å². The molecule has 0 aliphatic heterocycles. The number of halogens is 2. The number of nitrogens with one attached hydrogen (secondary N) is 1. The van der Waals surface area contributed by atoms with Crippen LogP contribution in [0.15, 0.2) is 42.5 Å². The molecule has 4 nitrogen and oxygen atoms in total. The average Bonchev–Trinajstić information content (AvgIpc) is 2.71. The Morgan fingerprint density at radius 1 is 1.11 bits per heavy atom. The van der Waals surface area contributed by atoms with Crippen LogP contribution in [0.1, 0.15) is 48.8 Å². The van der Waals surface area contributed by atoms with Crippen LogP contribution in [0.3, 0.4) is 0 Å². The molecule has 1 saturated carbocycles. The van der Waals surface area contributed by atoms with Gasteiger partial charge in [-0.05, 0) is 60.6 Å². The maximum Gasteiger partial charge on any atom is 0.160 e. The van der Waals surface area contributed by atoms with Crippen molar-refractivity contribution in [2.24, 2.45) is 0 Å². The number of ether oxygens (including phenoxy) is 2. The van der Waals surface area contributed by atoms with Crippen molar-refractivity contribution in [1.29, 1.82) is 0 Å². The molecule has 2 unspecified atom stereocenters. The van der Waals surface area contributed by atoms with Gasteiger partial charge in [-0.15, -0.1) is 12.4 Å². The fraction of sp³-hybridized carbons (Fsp3) is 0.455. The van der Waals surface area contributed by atoms with Crippen molar-refractivity contribution in [3.8, 4) is 11.5 Å². The highest BCUT2D eigenvalue weighted by atomic mass is 35.5. The maximum atomic E-state index is 10.4. The number of hydrogen-bond donors (Lipinski definition) is 2. The van der Waals surface area contributed by atoms with Gasteiger partial charge in [0, 0.05) is 17.6 Å². The van der Waals surface area contributed by atoms with Crippen LogP contribution in [-0.4, -0.2) is 31.9 Å². The third-order valence-corrected chi connectivity index (χ3v) is 5.62. The van der Waals surface area contributed by atoms with E-state index >= 15 is 0 Å². The van der Waals surface area contributed by atoms with Gasteiger partial charge in [0.1, 0.15) is 0 Å². The topological polar surface area (TPSA) is 50.7 Å². The smallest absolute Gasteiger partial charge is 0.160 e. The maximum absolute atomic E-state index is 10.4. The van der Waals surface area contributed by atoms with E-state index in [-0.39, 0.29) is 12.4 Å². The van der Waals surface area contributed by atoms with Gasteiger partial charge in [-0.1, -0.05) is 36.2 Å². The van der Waals surface area contributed by atoms with Crippen LogP contribution in [0.25, 0.3) is 0 Å². The van der Waals surface area contributed by atoms with E-state index in [1.807, 2.05) is 30.3 Å². The Labute approximate surface area is 178 Å². The first kappa shape index (κ1) is 22.8. The summed E-state index contributed by atoms with van der Waals surface area (Å²) in [6.07, 6.45) is 3.98. The number of aliphatic hydroxyl groups excluding tert-OH is 1. The van der Waals surface area contributed by atoms with Gasteiger partial charge in [0.25, 0.3) is 0 Å². The van der Waals surface area contributed by atoms with E-state index in [2.05, 4.69) is 17.4 Å². The minimum absolute atomic E-state index is 0. The Kier molecular flexibility index (Phi) is 8.90. The molecule has 0 spiro atoms. The molecule has 2 aromatic carbocycles. The zero-order chi connectivity index (χ0) is 19.2. The van der Waals surface area contributed by atoms with E-state index in [1.165, 1.54) is 18.4 Å². The molecule has 6 heteroatoms. The summed E-state index contributed by atoms with van der Waals surface area (Å²) in [7, 11) is 3.33. The van der Waals surface area contributed by atoms with Crippen molar-refractivity contribution in [3.05, 3.63) is 58.6 Å². The van der Waals surface area contributed by atoms with E-state index < -0.39 is 6.10 Å². The van der Waals surface area contributed by atoms with Crippen LogP contribution >= 0.6 is 24.0 Å². The van der Waals surface area contributed by atoms with Crippen LogP contribution in [0, 0.1) is 0 Å². The second-order valence-corrected chi connectivity index (χ2v) is 7.59. The quantitative estimate of drug-likeness (QED) is 0.645. The van der Waals surface area contributed by atoms with E-state index in [9.17, 15) is 5.11 Å². The standard InChI is InChI=1S/C22H28ClNO3.ClH/c1-26-21-10-9-16(13-22(21)27-2)15-5-4-8-19(12-15)24-14-20(25)17-6-3-7-18(23)11-17;/h3,6-7,9-11,13,15,19-20,24-25H,4-5,8,12,14H2,1-2H3;1H/t15?,19?,20-;/m0./s1. The molecule has 0 heterocycles. The van der Waals surface area contributed by atoms with E-state index in [1.54, 1.807) is 14.2 Å². The van der Waals surface area contributed by atoms with Crippen LogP contribution in [0.2, 0.25) is 5.02 Å². The van der Waals surface area contributed by atoms with Gasteiger partial charge in [-0.25, -0.2) is 0 Å². The predicted molar refractivity (Wildman–Crippen MR) is 116 cm³/mol.